The summed E-state index contributed by atoms with van der Waals surface area (Å²) in [5, 5.41) is 5.54. The summed E-state index contributed by atoms with van der Waals surface area (Å²) in [6, 6.07) is 12.1. The van der Waals surface area contributed by atoms with Gasteiger partial charge in [-0.1, -0.05) is 24.3 Å². The molecule has 0 atom stereocenters. The van der Waals surface area contributed by atoms with Gasteiger partial charge in [0, 0.05) is 18.8 Å². The lowest BCUT2D eigenvalue weighted by molar-refractivity contribution is 0.251. The highest BCUT2D eigenvalue weighted by Gasteiger charge is 2.05. The Kier molecular flexibility index (Phi) is 5.71. The van der Waals surface area contributed by atoms with Crippen molar-refractivity contribution in [2.45, 2.75) is 20.0 Å². The molecule has 2 aromatic carbocycles. The minimum absolute atomic E-state index is 0.308. The number of halogens is 1. The summed E-state index contributed by atoms with van der Waals surface area (Å²) in [4.78, 5) is 14.1. The second kappa shape index (κ2) is 7.74. The zero-order valence-corrected chi connectivity index (χ0v) is 13.7. The number of carbonyl (C=O) groups is 1. The number of nitrogens with one attached hydrogen (secondary N) is 2. The molecule has 0 radical (unpaired) electrons. The Morgan fingerprint density at radius 1 is 1.13 bits per heavy atom. The third-order valence-corrected chi connectivity index (χ3v) is 3.38. The predicted octanol–water partition coefficient (Wildman–Crippen LogP) is 3.52. The highest BCUT2D eigenvalue weighted by molar-refractivity contribution is 5.89. The average Bonchev–Trinajstić information content (AvgIpc) is 2.48. The topological polar surface area (TPSA) is 44.4 Å². The van der Waals surface area contributed by atoms with Crippen LogP contribution in [0.4, 0.5) is 14.9 Å². The Labute approximate surface area is 136 Å². The molecule has 23 heavy (non-hydrogen) atoms. The third-order valence-electron chi connectivity index (χ3n) is 3.38. The van der Waals surface area contributed by atoms with Crippen LogP contribution >= 0.6 is 0 Å². The van der Waals surface area contributed by atoms with E-state index >= 15 is 0 Å². The molecule has 5 heteroatoms. The van der Waals surface area contributed by atoms with Crippen molar-refractivity contribution in [3.63, 3.8) is 0 Å². The largest absolute Gasteiger partial charge is 0.334 e. The van der Waals surface area contributed by atoms with Gasteiger partial charge in [-0.25, -0.2) is 9.18 Å². The van der Waals surface area contributed by atoms with Crippen LogP contribution in [-0.2, 0) is 13.1 Å². The standard InChI is InChI=1S/C18H22FN3O/c1-13-9-16(19)7-8-17(13)21-18(23)20-11-14-5-4-6-15(10-14)12-22(2)3/h4-10H,11-12H2,1-3H3,(H2,20,21,23). The van der Waals surface area contributed by atoms with Crippen molar-refractivity contribution >= 4 is 11.7 Å². The molecule has 122 valence electrons. The number of urea groups is 1. The van der Waals surface area contributed by atoms with E-state index in [0.717, 1.165) is 12.1 Å². The highest BCUT2D eigenvalue weighted by Crippen LogP contribution is 2.15. The molecular weight excluding hydrogens is 293 g/mol. The zero-order valence-electron chi connectivity index (χ0n) is 13.7. The van der Waals surface area contributed by atoms with Gasteiger partial charge in [-0.15, -0.1) is 0 Å². The molecule has 4 nitrogen and oxygen atoms in total. The molecule has 0 saturated carbocycles. The van der Waals surface area contributed by atoms with Crippen LogP contribution in [0.1, 0.15) is 16.7 Å². The van der Waals surface area contributed by atoms with Crippen LogP contribution in [0.3, 0.4) is 0 Å². The van der Waals surface area contributed by atoms with E-state index in [1.165, 1.54) is 17.7 Å². The van der Waals surface area contributed by atoms with E-state index in [4.69, 9.17) is 0 Å². The van der Waals surface area contributed by atoms with Gasteiger partial charge in [0.25, 0.3) is 0 Å². The molecular formula is C18H22FN3O. The number of anilines is 1. The van der Waals surface area contributed by atoms with Crippen LogP contribution in [0.25, 0.3) is 0 Å². The van der Waals surface area contributed by atoms with Crippen molar-refractivity contribution in [2.75, 3.05) is 19.4 Å². The van der Waals surface area contributed by atoms with Crippen molar-refractivity contribution in [1.82, 2.24) is 10.2 Å². The number of aryl methyl sites for hydroxylation is 1. The van der Waals surface area contributed by atoms with Gasteiger partial charge < -0.3 is 15.5 Å². The number of benzene rings is 2. The van der Waals surface area contributed by atoms with Gasteiger partial charge >= 0.3 is 6.03 Å². The lowest BCUT2D eigenvalue weighted by Gasteiger charge is -2.12. The van der Waals surface area contributed by atoms with Crippen LogP contribution in [0.5, 0.6) is 0 Å². The second-order valence-electron chi connectivity index (χ2n) is 5.82. The summed E-state index contributed by atoms with van der Waals surface area (Å²) in [6.07, 6.45) is 0. The molecule has 2 rings (SSSR count). The first-order valence-electron chi connectivity index (χ1n) is 7.47. The minimum atomic E-state index is -0.314. The minimum Gasteiger partial charge on any atom is -0.334 e. The van der Waals surface area contributed by atoms with E-state index < -0.39 is 0 Å². The fourth-order valence-corrected chi connectivity index (χ4v) is 2.32. The summed E-state index contributed by atoms with van der Waals surface area (Å²) in [7, 11) is 4.03. The highest BCUT2D eigenvalue weighted by atomic mass is 19.1. The Hall–Kier alpha value is -2.40. The fourth-order valence-electron chi connectivity index (χ4n) is 2.32. The first-order chi connectivity index (χ1) is 10.9. The van der Waals surface area contributed by atoms with Crippen LogP contribution in [0.2, 0.25) is 0 Å². The monoisotopic (exact) mass is 315 g/mol. The van der Waals surface area contributed by atoms with Crippen molar-refractivity contribution in [3.05, 3.63) is 65.0 Å². The Morgan fingerprint density at radius 3 is 2.57 bits per heavy atom. The number of nitrogens with zero attached hydrogens (tertiary/aromatic N) is 1. The molecule has 0 fully saturated rings. The van der Waals surface area contributed by atoms with Crippen LogP contribution in [0, 0.1) is 12.7 Å². The van der Waals surface area contributed by atoms with E-state index in [1.807, 2.05) is 26.2 Å². The molecule has 0 unspecified atom stereocenters. The van der Waals surface area contributed by atoms with Gasteiger partial charge in [0.1, 0.15) is 5.82 Å². The van der Waals surface area contributed by atoms with E-state index in [1.54, 1.807) is 13.0 Å². The molecule has 0 aliphatic heterocycles. The zero-order chi connectivity index (χ0) is 16.8. The maximum atomic E-state index is 13.1. The number of hydrogen-bond acceptors (Lipinski definition) is 2. The van der Waals surface area contributed by atoms with Crippen molar-refractivity contribution in [3.8, 4) is 0 Å². The molecule has 2 aromatic rings. The van der Waals surface area contributed by atoms with E-state index in [9.17, 15) is 9.18 Å². The van der Waals surface area contributed by atoms with Gasteiger partial charge in [-0.2, -0.15) is 0 Å². The molecule has 0 aliphatic carbocycles. The van der Waals surface area contributed by atoms with Crippen LogP contribution in [-0.4, -0.2) is 25.0 Å². The van der Waals surface area contributed by atoms with Gasteiger partial charge in [0.15, 0.2) is 0 Å². The summed E-state index contributed by atoms with van der Waals surface area (Å²) in [5.41, 5.74) is 3.53. The predicted molar refractivity (Wildman–Crippen MR) is 90.8 cm³/mol. The second-order valence-corrected chi connectivity index (χ2v) is 5.82. The van der Waals surface area contributed by atoms with Gasteiger partial charge in [-0.3, -0.25) is 0 Å². The molecule has 0 aromatic heterocycles. The normalized spacial score (nSPS) is 10.7. The van der Waals surface area contributed by atoms with Crippen molar-refractivity contribution < 1.29 is 9.18 Å². The van der Waals surface area contributed by atoms with E-state index in [2.05, 4.69) is 27.7 Å². The number of carbonyl (C=O) groups excluding carboxylic acids is 1. The maximum absolute atomic E-state index is 13.1. The van der Waals surface area contributed by atoms with Gasteiger partial charge in [-0.05, 0) is 55.9 Å². The van der Waals surface area contributed by atoms with Crippen molar-refractivity contribution in [1.29, 1.82) is 0 Å². The summed E-state index contributed by atoms with van der Waals surface area (Å²) >= 11 is 0. The van der Waals surface area contributed by atoms with Crippen LogP contribution < -0.4 is 10.6 Å². The van der Waals surface area contributed by atoms with Gasteiger partial charge in [0.2, 0.25) is 0 Å². The van der Waals surface area contributed by atoms with Crippen LogP contribution in [0.15, 0.2) is 42.5 Å². The molecule has 0 saturated heterocycles. The maximum Gasteiger partial charge on any atom is 0.319 e. The molecule has 0 bridgehead atoms. The molecule has 0 aliphatic rings. The Morgan fingerprint density at radius 2 is 1.87 bits per heavy atom. The summed E-state index contributed by atoms with van der Waals surface area (Å²) < 4.78 is 13.1. The SMILES string of the molecule is Cc1cc(F)ccc1NC(=O)NCc1cccc(CN(C)C)c1. The molecule has 0 spiro atoms. The van der Waals surface area contributed by atoms with E-state index in [-0.39, 0.29) is 11.8 Å². The fraction of sp³-hybridized carbons (Fsp3) is 0.278. The molecule has 2 N–H and O–H groups in total. The number of amides is 2. The molecule has 2 amide bonds. The molecule has 0 heterocycles. The summed E-state index contributed by atoms with van der Waals surface area (Å²) in [5.74, 6) is -0.314. The van der Waals surface area contributed by atoms with Gasteiger partial charge in [0.05, 0.1) is 0 Å². The lowest BCUT2D eigenvalue weighted by Crippen LogP contribution is -2.28. The number of hydrogen-bond donors (Lipinski definition) is 2. The first kappa shape index (κ1) is 17.0. The average molecular weight is 315 g/mol. The lowest BCUT2D eigenvalue weighted by atomic mass is 10.1. The smallest absolute Gasteiger partial charge is 0.319 e. The summed E-state index contributed by atoms with van der Waals surface area (Å²) in [6.45, 7) is 3.05. The quantitative estimate of drug-likeness (QED) is 0.887. The Balaban J connectivity index is 1.91. The number of rotatable bonds is 5. The van der Waals surface area contributed by atoms with E-state index in [0.29, 0.717) is 17.8 Å². The van der Waals surface area contributed by atoms with Crippen molar-refractivity contribution in [2.24, 2.45) is 0 Å². The third kappa shape index (κ3) is 5.38. The Bertz CT molecular complexity index is 686. The first-order valence-corrected chi connectivity index (χ1v) is 7.47.